The summed E-state index contributed by atoms with van der Waals surface area (Å²) in [5.74, 6) is 4.54. The lowest BCUT2D eigenvalue weighted by molar-refractivity contribution is -0.141. The monoisotopic (exact) mass is 268 g/mol. The minimum atomic E-state index is -0.465. The zero-order valence-electron chi connectivity index (χ0n) is 12.0. The summed E-state index contributed by atoms with van der Waals surface area (Å²) in [7, 11) is 1.33. The fraction of sp³-hybridized carbons (Fsp3) is 0.733. The average Bonchev–Trinajstić information content (AvgIpc) is 2.39. The van der Waals surface area contributed by atoms with E-state index in [4.69, 9.17) is 4.74 Å². The van der Waals surface area contributed by atoms with Crippen molar-refractivity contribution in [2.45, 2.75) is 58.3 Å². The topological polar surface area (TPSA) is 52.6 Å². The van der Waals surface area contributed by atoms with Gasteiger partial charge in [0.15, 0.2) is 0 Å². The molecule has 0 N–H and O–H groups in total. The van der Waals surface area contributed by atoms with Gasteiger partial charge in [0.1, 0.15) is 0 Å². The molecule has 0 saturated carbocycles. The molecule has 0 aliphatic rings. The van der Waals surface area contributed by atoms with E-state index >= 15 is 0 Å². The van der Waals surface area contributed by atoms with Crippen LogP contribution >= 0.6 is 0 Å². The number of ether oxygens (including phenoxy) is 2. The van der Waals surface area contributed by atoms with Gasteiger partial charge in [-0.3, -0.25) is 4.79 Å². The predicted molar refractivity (Wildman–Crippen MR) is 73.4 cm³/mol. The van der Waals surface area contributed by atoms with Crippen molar-refractivity contribution in [3.05, 3.63) is 0 Å². The number of hydrogen-bond donors (Lipinski definition) is 0. The van der Waals surface area contributed by atoms with Crippen molar-refractivity contribution < 1.29 is 19.1 Å². The van der Waals surface area contributed by atoms with Gasteiger partial charge in [0.25, 0.3) is 0 Å². The summed E-state index contributed by atoms with van der Waals surface area (Å²) in [4.78, 5) is 21.2. The number of methoxy groups -OCH3 is 1. The molecule has 0 bridgehead atoms. The highest BCUT2D eigenvalue weighted by Crippen LogP contribution is 2.08. The van der Waals surface area contributed by atoms with Gasteiger partial charge in [0, 0.05) is 19.3 Å². The molecule has 108 valence electrons. The van der Waals surface area contributed by atoms with E-state index in [0.717, 1.165) is 32.1 Å². The summed E-state index contributed by atoms with van der Waals surface area (Å²) in [5, 5.41) is 0. The van der Waals surface area contributed by atoms with E-state index in [1.54, 1.807) is 0 Å². The first-order valence-corrected chi connectivity index (χ1v) is 6.87. The van der Waals surface area contributed by atoms with Gasteiger partial charge in [-0.2, -0.15) is 0 Å². The van der Waals surface area contributed by atoms with Gasteiger partial charge in [-0.05, 0) is 12.8 Å². The van der Waals surface area contributed by atoms with Crippen molar-refractivity contribution in [1.82, 2.24) is 0 Å². The molecule has 4 heteroatoms. The van der Waals surface area contributed by atoms with Crippen molar-refractivity contribution in [3.63, 3.8) is 0 Å². The van der Waals surface area contributed by atoms with Crippen LogP contribution in [0.25, 0.3) is 0 Å². The lowest BCUT2D eigenvalue weighted by Gasteiger charge is -2.02. The molecular formula is C15H24O4. The van der Waals surface area contributed by atoms with E-state index in [1.807, 2.05) is 0 Å². The average molecular weight is 268 g/mol. The van der Waals surface area contributed by atoms with Gasteiger partial charge in [-0.25, -0.2) is 4.79 Å². The molecule has 4 nitrogen and oxygen atoms in total. The maximum atomic E-state index is 10.7. The molecule has 0 radical (unpaired) electrons. The van der Waals surface area contributed by atoms with Crippen molar-refractivity contribution in [2.75, 3.05) is 13.7 Å². The highest BCUT2D eigenvalue weighted by Gasteiger charge is 1.94. The third-order valence-corrected chi connectivity index (χ3v) is 2.63. The van der Waals surface area contributed by atoms with Gasteiger partial charge in [-0.15, -0.1) is 0 Å². The Kier molecular flexibility index (Phi) is 11.9. The molecule has 19 heavy (non-hydrogen) atoms. The largest absolute Gasteiger partial charge is 0.466 e. The second-order valence-electron chi connectivity index (χ2n) is 4.36. The van der Waals surface area contributed by atoms with Crippen LogP contribution in [0.3, 0.4) is 0 Å². The molecule has 0 atom stereocenters. The molecule has 0 saturated heterocycles. The molecular weight excluding hydrogens is 244 g/mol. The molecule has 0 rings (SSSR count). The quantitative estimate of drug-likeness (QED) is 0.279. The SMILES string of the molecule is COC(=O)C#CCCCCCCCCCOC(C)=O. The Morgan fingerprint density at radius 3 is 2.11 bits per heavy atom. The highest BCUT2D eigenvalue weighted by atomic mass is 16.5. The molecule has 0 spiro atoms. The van der Waals surface area contributed by atoms with Gasteiger partial charge in [0.2, 0.25) is 0 Å². The van der Waals surface area contributed by atoms with Crippen LogP contribution in [-0.2, 0) is 19.1 Å². The minimum Gasteiger partial charge on any atom is -0.466 e. The van der Waals surface area contributed by atoms with Crippen molar-refractivity contribution in [2.24, 2.45) is 0 Å². The third kappa shape index (κ3) is 14.4. The molecule has 0 heterocycles. The Balaban J connectivity index is 3.16. The number of esters is 2. The van der Waals surface area contributed by atoms with Gasteiger partial charge in [0.05, 0.1) is 13.7 Å². The number of carbonyl (C=O) groups excluding carboxylic acids is 2. The van der Waals surface area contributed by atoms with Crippen molar-refractivity contribution >= 4 is 11.9 Å². The van der Waals surface area contributed by atoms with E-state index in [0.29, 0.717) is 6.61 Å². The first kappa shape index (κ1) is 17.5. The summed E-state index contributed by atoms with van der Waals surface area (Å²) < 4.78 is 9.26. The zero-order chi connectivity index (χ0) is 14.3. The van der Waals surface area contributed by atoms with E-state index in [-0.39, 0.29) is 5.97 Å². The third-order valence-electron chi connectivity index (χ3n) is 2.63. The van der Waals surface area contributed by atoms with E-state index in [9.17, 15) is 9.59 Å². The fourth-order valence-electron chi connectivity index (χ4n) is 1.60. The number of unbranched alkanes of at least 4 members (excludes halogenated alkanes) is 7. The van der Waals surface area contributed by atoms with Crippen molar-refractivity contribution in [3.8, 4) is 11.8 Å². The highest BCUT2D eigenvalue weighted by molar-refractivity contribution is 5.88. The van der Waals surface area contributed by atoms with Gasteiger partial charge in [-0.1, -0.05) is 38.0 Å². The zero-order valence-corrected chi connectivity index (χ0v) is 12.0. The van der Waals surface area contributed by atoms with E-state index in [1.165, 1.54) is 33.3 Å². The Labute approximate surface area is 115 Å². The number of rotatable bonds is 9. The van der Waals surface area contributed by atoms with Crippen LogP contribution in [0.15, 0.2) is 0 Å². The van der Waals surface area contributed by atoms with Crippen LogP contribution in [0, 0.1) is 11.8 Å². The maximum Gasteiger partial charge on any atom is 0.384 e. The first-order valence-electron chi connectivity index (χ1n) is 6.87. The maximum absolute atomic E-state index is 10.7. The van der Waals surface area contributed by atoms with Crippen LogP contribution in [0.2, 0.25) is 0 Å². The summed E-state index contributed by atoms with van der Waals surface area (Å²) in [6.07, 6.45) is 8.53. The van der Waals surface area contributed by atoms with Crippen LogP contribution < -0.4 is 0 Å². The standard InChI is InChI=1S/C15H24O4/c1-14(16)19-13-11-9-7-5-3-4-6-8-10-12-15(17)18-2/h3-9,11,13H2,1-2H3. The predicted octanol–water partition coefficient (Wildman–Crippen LogP) is 2.85. The molecule has 0 unspecified atom stereocenters. The Hall–Kier alpha value is -1.50. The van der Waals surface area contributed by atoms with Crippen molar-refractivity contribution in [1.29, 1.82) is 0 Å². The summed E-state index contributed by atoms with van der Waals surface area (Å²) in [5.41, 5.74) is 0. The molecule has 0 aliphatic carbocycles. The van der Waals surface area contributed by atoms with E-state index < -0.39 is 5.97 Å². The molecule has 0 aliphatic heterocycles. The van der Waals surface area contributed by atoms with Crippen LogP contribution in [-0.4, -0.2) is 25.7 Å². The molecule has 0 aromatic carbocycles. The van der Waals surface area contributed by atoms with Gasteiger partial charge >= 0.3 is 11.9 Å². The Bertz CT molecular complexity index is 312. The fourth-order valence-corrected chi connectivity index (χ4v) is 1.60. The van der Waals surface area contributed by atoms with Crippen LogP contribution in [0.1, 0.15) is 58.3 Å². The molecule has 0 aromatic rings. The summed E-state index contributed by atoms with van der Waals surface area (Å²) in [6, 6.07) is 0. The van der Waals surface area contributed by atoms with Gasteiger partial charge < -0.3 is 9.47 Å². The lowest BCUT2D eigenvalue weighted by atomic mass is 10.1. The molecule has 0 aromatic heterocycles. The summed E-state index contributed by atoms with van der Waals surface area (Å²) >= 11 is 0. The van der Waals surface area contributed by atoms with Crippen LogP contribution in [0.4, 0.5) is 0 Å². The number of carbonyl (C=O) groups is 2. The first-order chi connectivity index (χ1) is 9.16. The Morgan fingerprint density at radius 2 is 1.53 bits per heavy atom. The normalized spacial score (nSPS) is 9.37. The molecule has 0 fully saturated rings. The summed E-state index contributed by atoms with van der Waals surface area (Å²) in [6.45, 7) is 1.97. The lowest BCUT2D eigenvalue weighted by Crippen LogP contribution is -2.00. The second kappa shape index (κ2) is 12.9. The smallest absolute Gasteiger partial charge is 0.384 e. The second-order valence-corrected chi connectivity index (χ2v) is 4.36. The Morgan fingerprint density at radius 1 is 0.947 bits per heavy atom. The number of hydrogen-bond acceptors (Lipinski definition) is 4. The van der Waals surface area contributed by atoms with Crippen LogP contribution in [0.5, 0.6) is 0 Å². The molecule has 0 amide bonds. The van der Waals surface area contributed by atoms with E-state index in [2.05, 4.69) is 16.6 Å². The minimum absolute atomic E-state index is 0.201.